The predicted molar refractivity (Wildman–Crippen MR) is 297 cm³/mol. The van der Waals surface area contributed by atoms with Gasteiger partial charge in [-0.3, -0.25) is 0 Å². The Morgan fingerprint density at radius 2 is 0.458 bits per heavy atom. The summed E-state index contributed by atoms with van der Waals surface area (Å²) in [4.78, 5) is 42.8. The molecule has 8 heteroatoms. The van der Waals surface area contributed by atoms with Crippen molar-refractivity contribution in [2.45, 2.75) is 0 Å². The number of rotatable bonds is 1. The zero-order valence-corrected chi connectivity index (χ0v) is 37.9. The normalized spacial score (nSPS) is 12.7. The number of hydrogen-bond acceptors (Lipinski definition) is 8. The van der Waals surface area contributed by atoms with E-state index in [2.05, 4.69) is 158 Å². The van der Waals surface area contributed by atoms with Crippen molar-refractivity contribution in [1.29, 1.82) is 0 Å². The van der Waals surface area contributed by atoms with Gasteiger partial charge in [0, 0.05) is 64.6 Å². The van der Waals surface area contributed by atoms with E-state index in [-0.39, 0.29) is 0 Å². The summed E-state index contributed by atoms with van der Waals surface area (Å²) in [6, 6.07) is 64.1. The first kappa shape index (κ1) is 37.0. The summed E-state index contributed by atoms with van der Waals surface area (Å²) in [5.74, 6) is 0. The van der Waals surface area contributed by atoms with E-state index in [0.29, 0.717) is 0 Å². The van der Waals surface area contributed by atoms with Crippen molar-refractivity contribution in [2.24, 2.45) is 0 Å². The lowest BCUT2D eigenvalue weighted by Crippen LogP contribution is -1.96. The summed E-state index contributed by atoms with van der Waals surface area (Å²) in [5, 5.41) is 17.6. The highest BCUT2D eigenvalue weighted by atomic mass is 14.8. The highest BCUT2D eigenvalue weighted by molar-refractivity contribution is 6.40. The van der Waals surface area contributed by atoms with Crippen LogP contribution in [0.15, 0.2) is 182 Å². The molecule has 0 fully saturated rings. The van der Waals surface area contributed by atoms with Gasteiger partial charge in [-0.1, -0.05) is 127 Å². The Morgan fingerprint density at radius 1 is 0.181 bits per heavy atom. The van der Waals surface area contributed by atoms with Crippen molar-refractivity contribution in [3.05, 3.63) is 182 Å². The topological polar surface area (TPSA) is 103 Å². The van der Waals surface area contributed by atoms with Crippen LogP contribution in [-0.4, -0.2) is 39.9 Å². The molecular formula is C64H30N8. The summed E-state index contributed by atoms with van der Waals surface area (Å²) in [7, 11) is 0. The number of nitrogens with zero attached hydrogens (tertiary/aromatic N) is 8. The maximum atomic E-state index is 5.48. The van der Waals surface area contributed by atoms with Gasteiger partial charge < -0.3 is 0 Å². The van der Waals surface area contributed by atoms with Gasteiger partial charge >= 0.3 is 0 Å². The maximum absolute atomic E-state index is 5.48. The summed E-state index contributed by atoms with van der Waals surface area (Å²) in [5.41, 5.74) is 16.2. The molecule has 4 aromatic heterocycles. The zero-order valence-electron chi connectivity index (χ0n) is 37.9. The number of para-hydroxylation sites is 2. The fourth-order valence-corrected chi connectivity index (χ4v) is 12.3. The van der Waals surface area contributed by atoms with Crippen LogP contribution in [0.3, 0.4) is 0 Å². The number of hydrogen-bond donors (Lipinski definition) is 0. The standard InChI is InChI=1S/C64H30N8/c1-2-10-32-27-50-49(26-31(32)9-1)69-61-41-15-7-17-43-55(41)56-42(62(61)70-50)16-8-18-44(56)64-63(43)71-51-29-35-22-21-33(25-36(35)30-52(51)72-64)34-23-24-47-48(28-34)68-60-40-14-6-12-38-54(40)53-37(11-5-13-39(53)59(60)67-47)57-58(38)66-46-20-4-3-19-45(46)65-57/h1-30H. The van der Waals surface area contributed by atoms with Crippen molar-refractivity contribution in [2.75, 3.05) is 0 Å². The SMILES string of the molecule is c1ccc2cc3nc4c5cccc6c7nc8cc9cc(-c%10ccc%11nc%12c%13cccc%14c%15nc%16ccccc%16nc%15c%15cccc(c%12nc%11c%10)c%15c%14%13)ccc9cc8nc7c7cccc(c4nc3cc2c1)c7c56. The molecule has 326 valence electrons. The van der Waals surface area contributed by atoms with E-state index in [9.17, 15) is 0 Å². The summed E-state index contributed by atoms with van der Waals surface area (Å²) >= 11 is 0. The summed E-state index contributed by atoms with van der Waals surface area (Å²) in [6.45, 7) is 0. The molecule has 18 rings (SSSR count). The van der Waals surface area contributed by atoms with Crippen LogP contribution in [0.25, 0.3) is 186 Å². The molecule has 0 spiro atoms. The number of benzene rings is 14. The second-order valence-electron chi connectivity index (χ2n) is 19.4. The zero-order chi connectivity index (χ0) is 46.5. The fourth-order valence-electron chi connectivity index (χ4n) is 12.3. The molecule has 0 saturated carbocycles. The van der Waals surface area contributed by atoms with Crippen LogP contribution in [0.2, 0.25) is 0 Å². The van der Waals surface area contributed by atoms with E-state index < -0.39 is 0 Å². The van der Waals surface area contributed by atoms with Crippen molar-refractivity contribution in [1.82, 2.24) is 39.9 Å². The number of aromatic nitrogens is 8. The lowest BCUT2D eigenvalue weighted by Gasteiger charge is -2.17. The maximum Gasteiger partial charge on any atom is 0.0979 e. The van der Waals surface area contributed by atoms with Gasteiger partial charge in [-0.05, 0) is 87.3 Å². The lowest BCUT2D eigenvalue weighted by atomic mass is 9.91. The molecule has 0 aliphatic carbocycles. The van der Waals surface area contributed by atoms with Crippen molar-refractivity contribution >= 4 is 174 Å². The smallest absolute Gasteiger partial charge is 0.0979 e. The Labute approximate surface area is 405 Å². The third kappa shape index (κ3) is 4.75. The van der Waals surface area contributed by atoms with Gasteiger partial charge in [-0.15, -0.1) is 0 Å². The minimum Gasteiger partial charge on any atom is -0.244 e. The molecule has 0 aliphatic heterocycles. The van der Waals surface area contributed by atoms with Gasteiger partial charge in [0.2, 0.25) is 0 Å². The van der Waals surface area contributed by atoms with Crippen molar-refractivity contribution in [3.63, 3.8) is 0 Å². The molecule has 0 N–H and O–H groups in total. The van der Waals surface area contributed by atoms with E-state index in [1.54, 1.807) is 0 Å². The van der Waals surface area contributed by atoms with Gasteiger partial charge in [0.15, 0.2) is 0 Å². The van der Waals surface area contributed by atoms with Crippen molar-refractivity contribution in [3.8, 4) is 11.1 Å². The molecule has 4 heterocycles. The number of fused-ring (bicyclic) bond motifs is 18. The minimum atomic E-state index is 0.839. The van der Waals surface area contributed by atoms with Gasteiger partial charge in [0.25, 0.3) is 0 Å². The molecule has 0 unspecified atom stereocenters. The predicted octanol–water partition coefficient (Wildman–Crippen LogP) is 15.8. The largest absolute Gasteiger partial charge is 0.244 e. The average molecular weight is 911 g/mol. The first-order valence-electron chi connectivity index (χ1n) is 24.2. The van der Waals surface area contributed by atoms with Gasteiger partial charge in [-0.2, -0.15) is 0 Å². The van der Waals surface area contributed by atoms with E-state index in [0.717, 1.165) is 186 Å². The molecular weight excluding hydrogens is 881 g/mol. The van der Waals surface area contributed by atoms with Gasteiger partial charge in [0.1, 0.15) is 0 Å². The Balaban J connectivity index is 0.813. The van der Waals surface area contributed by atoms with E-state index >= 15 is 0 Å². The monoisotopic (exact) mass is 910 g/mol. The Kier molecular flexibility index (Phi) is 6.70. The molecule has 0 radical (unpaired) electrons. The van der Waals surface area contributed by atoms with E-state index in [1.807, 2.05) is 24.3 Å². The second kappa shape index (κ2) is 13.0. The van der Waals surface area contributed by atoms with E-state index in [4.69, 9.17) is 39.9 Å². The molecule has 0 aliphatic rings. The first-order valence-corrected chi connectivity index (χ1v) is 24.2. The Bertz CT molecular complexity index is 5540. The van der Waals surface area contributed by atoms with Crippen LogP contribution in [0.5, 0.6) is 0 Å². The first-order chi connectivity index (χ1) is 35.6. The van der Waals surface area contributed by atoms with Gasteiger partial charge in [-0.25, -0.2) is 39.9 Å². The lowest BCUT2D eigenvalue weighted by molar-refractivity contribution is 1.41. The van der Waals surface area contributed by atoms with Crippen LogP contribution in [0.4, 0.5) is 0 Å². The highest BCUT2D eigenvalue weighted by Crippen LogP contribution is 2.46. The molecule has 8 nitrogen and oxygen atoms in total. The molecule has 0 saturated heterocycles. The molecule has 14 aromatic carbocycles. The fraction of sp³-hybridized carbons (Fsp3) is 0. The minimum absolute atomic E-state index is 0.839. The third-order valence-electron chi connectivity index (χ3n) is 15.5. The molecule has 0 amide bonds. The molecule has 18 aromatic rings. The Morgan fingerprint density at radius 3 is 0.847 bits per heavy atom. The van der Waals surface area contributed by atoms with E-state index in [1.165, 1.54) is 0 Å². The van der Waals surface area contributed by atoms with Crippen LogP contribution in [0, 0.1) is 0 Å². The van der Waals surface area contributed by atoms with Crippen LogP contribution < -0.4 is 0 Å². The average Bonchev–Trinajstić information content (AvgIpc) is 3.43. The summed E-state index contributed by atoms with van der Waals surface area (Å²) < 4.78 is 0. The highest BCUT2D eigenvalue weighted by Gasteiger charge is 2.23. The van der Waals surface area contributed by atoms with Crippen LogP contribution in [-0.2, 0) is 0 Å². The molecule has 0 bridgehead atoms. The quantitative estimate of drug-likeness (QED) is 0.118. The van der Waals surface area contributed by atoms with Gasteiger partial charge in [0.05, 0.1) is 88.3 Å². The third-order valence-corrected chi connectivity index (χ3v) is 15.5. The molecule has 0 atom stereocenters. The molecule has 72 heavy (non-hydrogen) atoms. The Hall–Kier alpha value is -9.92. The summed E-state index contributed by atoms with van der Waals surface area (Å²) in [6.07, 6.45) is 0. The van der Waals surface area contributed by atoms with Crippen LogP contribution >= 0.6 is 0 Å². The second-order valence-corrected chi connectivity index (χ2v) is 19.4. The van der Waals surface area contributed by atoms with Crippen LogP contribution in [0.1, 0.15) is 0 Å². The van der Waals surface area contributed by atoms with Crippen molar-refractivity contribution < 1.29 is 0 Å².